The predicted molar refractivity (Wildman–Crippen MR) is 83.1 cm³/mol. The van der Waals surface area contributed by atoms with E-state index in [0.717, 1.165) is 12.8 Å². The summed E-state index contributed by atoms with van der Waals surface area (Å²) in [5.74, 6) is 0.359. The van der Waals surface area contributed by atoms with E-state index in [9.17, 15) is 9.59 Å². The van der Waals surface area contributed by atoms with Crippen LogP contribution in [-0.4, -0.2) is 62.9 Å². The third kappa shape index (κ3) is 6.97. The Hall–Kier alpha value is -1.79. The van der Waals surface area contributed by atoms with Gasteiger partial charge in [-0.1, -0.05) is 19.3 Å². The van der Waals surface area contributed by atoms with E-state index in [0.29, 0.717) is 12.0 Å². The highest BCUT2D eigenvalue weighted by Crippen LogP contribution is 2.16. The Bertz CT molecular complexity index is 376. The summed E-state index contributed by atoms with van der Waals surface area (Å²) in [6.07, 6.45) is 5.77. The number of hydrogen-bond acceptors (Lipinski definition) is 3. The second-order valence-corrected chi connectivity index (χ2v) is 5.47. The molecule has 120 valence electrons. The number of carbonyl (C=O) groups is 2. The van der Waals surface area contributed by atoms with Gasteiger partial charge in [-0.2, -0.15) is 0 Å². The SMILES string of the molecule is CN=C(NCC(=O)NC1CCCCC1)NCC(=O)N(C)C. The second kappa shape index (κ2) is 9.20. The molecule has 0 spiro atoms. The van der Waals surface area contributed by atoms with E-state index in [2.05, 4.69) is 20.9 Å². The highest BCUT2D eigenvalue weighted by Gasteiger charge is 2.15. The lowest BCUT2D eigenvalue weighted by Crippen LogP contribution is -2.47. The van der Waals surface area contributed by atoms with Gasteiger partial charge in [-0.15, -0.1) is 0 Å². The van der Waals surface area contributed by atoms with Crippen LogP contribution in [0.1, 0.15) is 32.1 Å². The lowest BCUT2D eigenvalue weighted by molar-refractivity contribution is -0.127. The molecule has 3 N–H and O–H groups in total. The minimum absolute atomic E-state index is 0.0382. The number of guanidine groups is 1. The van der Waals surface area contributed by atoms with E-state index < -0.39 is 0 Å². The fraction of sp³-hybridized carbons (Fsp3) is 0.786. The van der Waals surface area contributed by atoms with E-state index >= 15 is 0 Å². The van der Waals surface area contributed by atoms with Gasteiger partial charge in [0.05, 0.1) is 13.1 Å². The van der Waals surface area contributed by atoms with Crippen LogP contribution in [0.3, 0.4) is 0 Å². The maximum absolute atomic E-state index is 11.8. The zero-order valence-corrected chi connectivity index (χ0v) is 13.2. The number of amides is 2. The molecule has 7 nitrogen and oxygen atoms in total. The molecule has 0 bridgehead atoms. The van der Waals surface area contributed by atoms with Gasteiger partial charge < -0.3 is 20.9 Å². The molecular weight excluding hydrogens is 270 g/mol. The van der Waals surface area contributed by atoms with Crippen LogP contribution >= 0.6 is 0 Å². The van der Waals surface area contributed by atoms with Gasteiger partial charge in [0, 0.05) is 27.2 Å². The van der Waals surface area contributed by atoms with Crippen molar-refractivity contribution >= 4 is 17.8 Å². The van der Waals surface area contributed by atoms with Crippen LogP contribution in [0.15, 0.2) is 4.99 Å². The average Bonchev–Trinajstić information content (AvgIpc) is 2.48. The van der Waals surface area contributed by atoms with Crippen molar-refractivity contribution in [3.05, 3.63) is 0 Å². The molecule has 1 aliphatic rings. The van der Waals surface area contributed by atoms with Gasteiger partial charge in [-0.25, -0.2) is 0 Å². The third-order valence-electron chi connectivity index (χ3n) is 3.52. The molecular formula is C14H27N5O2. The van der Waals surface area contributed by atoms with Crippen molar-refractivity contribution in [2.24, 2.45) is 4.99 Å². The van der Waals surface area contributed by atoms with Gasteiger partial charge in [0.15, 0.2) is 5.96 Å². The van der Waals surface area contributed by atoms with Crippen LogP contribution in [0.25, 0.3) is 0 Å². The van der Waals surface area contributed by atoms with Crippen molar-refractivity contribution in [3.63, 3.8) is 0 Å². The molecule has 0 aromatic rings. The smallest absolute Gasteiger partial charge is 0.241 e. The third-order valence-corrected chi connectivity index (χ3v) is 3.52. The van der Waals surface area contributed by atoms with Crippen LogP contribution in [0.2, 0.25) is 0 Å². The van der Waals surface area contributed by atoms with Crippen LogP contribution in [0, 0.1) is 0 Å². The maximum Gasteiger partial charge on any atom is 0.241 e. The van der Waals surface area contributed by atoms with E-state index in [-0.39, 0.29) is 24.9 Å². The largest absolute Gasteiger partial charge is 0.352 e. The fourth-order valence-electron chi connectivity index (χ4n) is 2.23. The predicted octanol–water partition coefficient (Wildman–Crippen LogP) is -0.311. The van der Waals surface area contributed by atoms with Crippen molar-refractivity contribution in [3.8, 4) is 0 Å². The van der Waals surface area contributed by atoms with Crippen LogP contribution in [-0.2, 0) is 9.59 Å². The number of nitrogens with one attached hydrogen (secondary N) is 3. The summed E-state index contributed by atoms with van der Waals surface area (Å²) >= 11 is 0. The minimum atomic E-state index is -0.0513. The normalized spacial score (nSPS) is 16.2. The van der Waals surface area contributed by atoms with Crippen molar-refractivity contribution in [1.82, 2.24) is 20.9 Å². The number of rotatable bonds is 5. The molecule has 2 amide bonds. The maximum atomic E-state index is 11.8. The first-order valence-corrected chi connectivity index (χ1v) is 7.47. The Morgan fingerprint density at radius 2 is 1.71 bits per heavy atom. The Kier molecular flexibility index (Phi) is 7.56. The van der Waals surface area contributed by atoms with Gasteiger partial charge >= 0.3 is 0 Å². The van der Waals surface area contributed by atoms with E-state index in [4.69, 9.17) is 0 Å². The Morgan fingerprint density at radius 3 is 2.29 bits per heavy atom. The van der Waals surface area contributed by atoms with Gasteiger partial charge in [-0.3, -0.25) is 14.6 Å². The van der Waals surface area contributed by atoms with E-state index in [1.54, 1.807) is 21.1 Å². The van der Waals surface area contributed by atoms with Gasteiger partial charge in [-0.05, 0) is 12.8 Å². The molecule has 0 aromatic carbocycles. The monoisotopic (exact) mass is 297 g/mol. The molecule has 0 atom stereocenters. The van der Waals surface area contributed by atoms with Gasteiger partial charge in [0.2, 0.25) is 11.8 Å². The molecule has 1 fully saturated rings. The summed E-state index contributed by atoms with van der Waals surface area (Å²) in [4.78, 5) is 28.8. The number of carbonyl (C=O) groups excluding carboxylic acids is 2. The van der Waals surface area contributed by atoms with Crippen LogP contribution in [0.4, 0.5) is 0 Å². The fourth-order valence-corrected chi connectivity index (χ4v) is 2.23. The van der Waals surface area contributed by atoms with Crippen molar-refractivity contribution in [2.75, 3.05) is 34.2 Å². The summed E-state index contributed by atoms with van der Waals surface area (Å²) in [6, 6.07) is 0.304. The molecule has 0 heterocycles. The lowest BCUT2D eigenvalue weighted by Gasteiger charge is -2.23. The Morgan fingerprint density at radius 1 is 1.10 bits per heavy atom. The highest BCUT2D eigenvalue weighted by atomic mass is 16.2. The van der Waals surface area contributed by atoms with Crippen molar-refractivity contribution in [2.45, 2.75) is 38.1 Å². The first-order valence-electron chi connectivity index (χ1n) is 7.47. The Balaban J connectivity index is 2.24. The summed E-state index contributed by atoms with van der Waals surface area (Å²) in [7, 11) is 4.99. The average molecular weight is 297 g/mol. The summed E-state index contributed by atoms with van der Waals surface area (Å²) < 4.78 is 0. The molecule has 0 saturated heterocycles. The van der Waals surface area contributed by atoms with Crippen molar-refractivity contribution < 1.29 is 9.59 Å². The zero-order valence-electron chi connectivity index (χ0n) is 13.2. The molecule has 21 heavy (non-hydrogen) atoms. The van der Waals surface area contributed by atoms with Crippen molar-refractivity contribution in [1.29, 1.82) is 0 Å². The van der Waals surface area contributed by atoms with Crippen LogP contribution in [0.5, 0.6) is 0 Å². The standard InChI is InChI=1S/C14H27N5O2/c1-15-14(17-10-13(21)19(2)3)16-9-12(20)18-11-7-5-4-6-8-11/h11H,4-10H2,1-3H3,(H,18,20)(H2,15,16,17). The lowest BCUT2D eigenvalue weighted by atomic mass is 9.95. The molecule has 1 saturated carbocycles. The summed E-state index contributed by atoms with van der Waals surface area (Å²) in [5, 5.41) is 8.81. The van der Waals surface area contributed by atoms with E-state index in [1.165, 1.54) is 24.2 Å². The molecule has 1 aliphatic carbocycles. The molecule has 1 rings (SSSR count). The molecule has 0 unspecified atom stereocenters. The van der Waals surface area contributed by atoms with Crippen LogP contribution < -0.4 is 16.0 Å². The number of likely N-dealkylation sites (N-methyl/N-ethyl adjacent to an activating group) is 1. The molecule has 0 radical (unpaired) electrons. The second-order valence-electron chi connectivity index (χ2n) is 5.47. The number of aliphatic imine (C=N–C) groups is 1. The Labute approximate surface area is 126 Å². The van der Waals surface area contributed by atoms with E-state index in [1.807, 2.05) is 0 Å². The summed E-state index contributed by atoms with van der Waals surface area (Å²) in [5.41, 5.74) is 0. The number of hydrogen-bond donors (Lipinski definition) is 3. The molecule has 0 aliphatic heterocycles. The number of nitrogens with zero attached hydrogens (tertiary/aromatic N) is 2. The minimum Gasteiger partial charge on any atom is -0.352 e. The quantitative estimate of drug-likeness (QED) is 0.480. The zero-order chi connectivity index (χ0) is 15.7. The van der Waals surface area contributed by atoms with Gasteiger partial charge in [0.25, 0.3) is 0 Å². The first-order chi connectivity index (χ1) is 10.0. The van der Waals surface area contributed by atoms with Gasteiger partial charge in [0.1, 0.15) is 0 Å². The topological polar surface area (TPSA) is 85.8 Å². The molecule has 0 aromatic heterocycles. The summed E-state index contributed by atoms with van der Waals surface area (Å²) in [6.45, 7) is 0.309. The molecule has 7 heteroatoms. The highest BCUT2D eigenvalue weighted by molar-refractivity contribution is 5.89. The first kappa shape index (κ1) is 17.3.